The van der Waals surface area contributed by atoms with Gasteiger partial charge in [-0.3, -0.25) is 4.79 Å². The second-order valence-electron chi connectivity index (χ2n) is 7.69. The highest BCUT2D eigenvalue weighted by Gasteiger charge is 2.14. The van der Waals surface area contributed by atoms with Crippen molar-refractivity contribution in [3.8, 4) is 0 Å². The molecular weight excluding hydrogens is 318 g/mol. The molecule has 0 bridgehead atoms. The number of benzene rings is 1. The standard InChI is InChI=1S/C24H41NO/c1-4-6-8-9-10-11-12-13-14-15-21-25(20-7-5-2)24(26)23-18-16-22(3)17-19-23/h16-19H,4-15,20-21H2,1-3H3. The second-order valence-corrected chi connectivity index (χ2v) is 7.69. The van der Waals surface area contributed by atoms with Crippen LogP contribution in [0.4, 0.5) is 0 Å². The van der Waals surface area contributed by atoms with E-state index in [1.165, 1.54) is 63.4 Å². The largest absolute Gasteiger partial charge is 0.339 e. The molecular formula is C24H41NO. The molecule has 0 aliphatic heterocycles. The van der Waals surface area contributed by atoms with Gasteiger partial charge in [0.15, 0.2) is 0 Å². The molecule has 0 saturated heterocycles. The monoisotopic (exact) mass is 359 g/mol. The van der Waals surface area contributed by atoms with Crippen molar-refractivity contribution in [3.63, 3.8) is 0 Å². The Kier molecular flexibility index (Phi) is 13.0. The maximum Gasteiger partial charge on any atom is 0.253 e. The number of carbonyl (C=O) groups excluding carboxylic acids is 1. The van der Waals surface area contributed by atoms with Crippen LogP contribution in [-0.2, 0) is 0 Å². The number of unbranched alkanes of at least 4 members (excludes halogenated alkanes) is 10. The topological polar surface area (TPSA) is 20.3 Å². The van der Waals surface area contributed by atoms with E-state index in [2.05, 4.69) is 25.7 Å². The van der Waals surface area contributed by atoms with Gasteiger partial charge in [-0.2, -0.15) is 0 Å². The maximum atomic E-state index is 12.8. The van der Waals surface area contributed by atoms with Crippen molar-refractivity contribution < 1.29 is 4.79 Å². The molecule has 0 fully saturated rings. The average Bonchev–Trinajstić information content (AvgIpc) is 2.65. The number of hydrogen-bond donors (Lipinski definition) is 0. The van der Waals surface area contributed by atoms with Gasteiger partial charge in [-0.1, -0.05) is 95.8 Å². The summed E-state index contributed by atoms with van der Waals surface area (Å²) >= 11 is 0. The summed E-state index contributed by atoms with van der Waals surface area (Å²) in [5.41, 5.74) is 2.04. The predicted octanol–water partition coefficient (Wildman–Crippen LogP) is 7.16. The fraction of sp³-hybridized carbons (Fsp3) is 0.708. The van der Waals surface area contributed by atoms with E-state index in [1.54, 1.807) is 0 Å². The van der Waals surface area contributed by atoms with E-state index in [9.17, 15) is 4.79 Å². The minimum absolute atomic E-state index is 0.203. The Morgan fingerprint density at radius 3 is 1.69 bits per heavy atom. The van der Waals surface area contributed by atoms with E-state index < -0.39 is 0 Å². The van der Waals surface area contributed by atoms with Gasteiger partial charge < -0.3 is 4.90 Å². The van der Waals surface area contributed by atoms with Gasteiger partial charge in [0.2, 0.25) is 0 Å². The van der Waals surface area contributed by atoms with Crippen LogP contribution < -0.4 is 0 Å². The lowest BCUT2D eigenvalue weighted by Gasteiger charge is -2.23. The number of nitrogens with zero attached hydrogens (tertiary/aromatic N) is 1. The fourth-order valence-electron chi connectivity index (χ4n) is 3.33. The van der Waals surface area contributed by atoms with Crippen molar-refractivity contribution in [2.75, 3.05) is 13.1 Å². The molecule has 0 radical (unpaired) electrons. The van der Waals surface area contributed by atoms with Crippen LogP contribution in [0.5, 0.6) is 0 Å². The van der Waals surface area contributed by atoms with Crippen LogP contribution in [0, 0.1) is 6.92 Å². The molecule has 1 aromatic rings. The smallest absolute Gasteiger partial charge is 0.253 e. The Labute approximate surface area is 162 Å². The molecule has 0 saturated carbocycles. The zero-order chi connectivity index (χ0) is 19.0. The Balaban J connectivity index is 2.25. The van der Waals surface area contributed by atoms with Gasteiger partial charge in [0.05, 0.1) is 0 Å². The van der Waals surface area contributed by atoms with Crippen LogP contribution >= 0.6 is 0 Å². The maximum absolute atomic E-state index is 12.8. The van der Waals surface area contributed by atoms with Gasteiger partial charge >= 0.3 is 0 Å². The molecule has 26 heavy (non-hydrogen) atoms. The molecule has 0 aliphatic rings. The normalized spacial score (nSPS) is 10.9. The van der Waals surface area contributed by atoms with E-state index in [-0.39, 0.29) is 5.91 Å². The SMILES string of the molecule is CCCCCCCCCCCCN(CCCC)C(=O)c1ccc(C)cc1. The summed E-state index contributed by atoms with van der Waals surface area (Å²) in [6, 6.07) is 8.00. The Morgan fingerprint density at radius 2 is 1.15 bits per heavy atom. The molecule has 0 spiro atoms. The summed E-state index contributed by atoms with van der Waals surface area (Å²) in [6.45, 7) is 8.32. The Hall–Kier alpha value is -1.31. The van der Waals surface area contributed by atoms with Crippen LogP contribution in [0.3, 0.4) is 0 Å². The molecule has 0 heterocycles. The molecule has 0 atom stereocenters. The first kappa shape index (κ1) is 22.7. The van der Waals surface area contributed by atoms with E-state index in [0.717, 1.165) is 37.9 Å². The number of aryl methyl sites for hydroxylation is 1. The third-order valence-electron chi connectivity index (χ3n) is 5.15. The first-order valence-corrected chi connectivity index (χ1v) is 11.0. The van der Waals surface area contributed by atoms with Gasteiger partial charge in [0.1, 0.15) is 0 Å². The molecule has 148 valence electrons. The molecule has 0 unspecified atom stereocenters. The zero-order valence-electron chi connectivity index (χ0n) is 17.6. The van der Waals surface area contributed by atoms with Gasteiger partial charge in [0.25, 0.3) is 5.91 Å². The van der Waals surface area contributed by atoms with Gasteiger partial charge in [0, 0.05) is 18.7 Å². The van der Waals surface area contributed by atoms with Crippen molar-refractivity contribution in [3.05, 3.63) is 35.4 Å². The van der Waals surface area contributed by atoms with Crippen LogP contribution in [0.2, 0.25) is 0 Å². The Bertz CT molecular complexity index is 466. The summed E-state index contributed by atoms with van der Waals surface area (Å²) in [5, 5.41) is 0. The van der Waals surface area contributed by atoms with E-state index in [4.69, 9.17) is 0 Å². The highest BCUT2D eigenvalue weighted by Crippen LogP contribution is 2.13. The zero-order valence-corrected chi connectivity index (χ0v) is 17.6. The van der Waals surface area contributed by atoms with Gasteiger partial charge in [-0.05, 0) is 31.9 Å². The van der Waals surface area contributed by atoms with Crippen molar-refractivity contribution in [1.82, 2.24) is 4.90 Å². The van der Waals surface area contributed by atoms with Crippen LogP contribution in [0.25, 0.3) is 0 Å². The quantitative estimate of drug-likeness (QED) is 0.304. The molecule has 1 aromatic carbocycles. The third kappa shape index (κ3) is 9.99. The predicted molar refractivity (Wildman–Crippen MR) is 114 cm³/mol. The lowest BCUT2D eigenvalue weighted by atomic mass is 10.1. The average molecular weight is 360 g/mol. The number of hydrogen-bond acceptors (Lipinski definition) is 1. The number of rotatable bonds is 15. The highest BCUT2D eigenvalue weighted by atomic mass is 16.2. The summed E-state index contributed by atoms with van der Waals surface area (Å²) in [7, 11) is 0. The van der Waals surface area contributed by atoms with Crippen LogP contribution in [0.1, 0.15) is 107 Å². The number of amides is 1. The van der Waals surface area contributed by atoms with Crippen LogP contribution in [-0.4, -0.2) is 23.9 Å². The molecule has 1 amide bonds. The van der Waals surface area contributed by atoms with Crippen molar-refractivity contribution in [2.24, 2.45) is 0 Å². The molecule has 2 heteroatoms. The lowest BCUT2D eigenvalue weighted by Crippen LogP contribution is -2.33. The minimum atomic E-state index is 0.203. The lowest BCUT2D eigenvalue weighted by molar-refractivity contribution is 0.0750. The fourth-order valence-corrected chi connectivity index (χ4v) is 3.33. The molecule has 1 rings (SSSR count). The third-order valence-corrected chi connectivity index (χ3v) is 5.15. The molecule has 2 nitrogen and oxygen atoms in total. The molecule has 0 N–H and O–H groups in total. The highest BCUT2D eigenvalue weighted by molar-refractivity contribution is 5.94. The first-order chi connectivity index (χ1) is 12.7. The van der Waals surface area contributed by atoms with Crippen molar-refractivity contribution in [2.45, 2.75) is 97.8 Å². The second kappa shape index (κ2) is 14.8. The number of carbonyl (C=O) groups is 1. The first-order valence-electron chi connectivity index (χ1n) is 11.0. The van der Waals surface area contributed by atoms with Crippen molar-refractivity contribution in [1.29, 1.82) is 0 Å². The van der Waals surface area contributed by atoms with Gasteiger partial charge in [-0.15, -0.1) is 0 Å². The Morgan fingerprint density at radius 1 is 0.692 bits per heavy atom. The molecule has 0 aliphatic carbocycles. The van der Waals surface area contributed by atoms with E-state index in [0.29, 0.717) is 0 Å². The van der Waals surface area contributed by atoms with Crippen LogP contribution in [0.15, 0.2) is 24.3 Å². The summed E-state index contributed by atoms with van der Waals surface area (Å²) in [4.78, 5) is 14.8. The van der Waals surface area contributed by atoms with E-state index in [1.807, 2.05) is 24.3 Å². The molecule has 0 aromatic heterocycles. The van der Waals surface area contributed by atoms with E-state index >= 15 is 0 Å². The summed E-state index contributed by atoms with van der Waals surface area (Å²) < 4.78 is 0. The van der Waals surface area contributed by atoms with Crippen molar-refractivity contribution >= 4 is 5.91 Å². The summed E-state index contributed by atoms with van der Waals surface area (Å²) in [6.07, 6.45) is 15.6. The van der Waals surface area contributed by atoms with Gasteiger partial charge in [-0.25, -0.2) is 0 Å². The minimum Gasteiger partial charge on any atom is -0.339 e. The summed E-state index contributed by atoms with van der Waals surface area (Å²) in [5.74, 6) is 0.203.